The Bertz CT molecular complexity index is 684. The molecule has 2 unspecified atom stereocenters. The fourth-order valence-electron chi connectivity index (χ4n) is 2.26. The molecule has 0 bridgehead atoms. The molecule has 4 atom stereocenters. The molecule has 1 aliphatic rings. The van der Waals surface area contributed by atoms with Crippen LogP contribution in [0, 0.1) is 0 Å². The topological polar surface area (TPSA) is 174 Å². The predicted molar refractivity (Wildman–Crippen MR) is 73.7 cm³/mol. The molecule has 0 spiro atoms. The first-order valence-electron chi connectivity index (χ1n) is 6.74. The summed E-state index contributed by atoms with van der Waals surface area (Å²) >= 11 is 0. The SMILES string of the molecule is O=C(O)CNCc1cn([C@H]2O[C@@H](CO)C(O)C2O)c(=O)[nH]c1=O. The molecule has 2 heterocycles. The van der Waals surface area contributed by atoms with E-state index < -0.39 is 48.4 Å². The molecule has 2 rings (SSSR count). The average molecular weight is 331 g/mol. The zero-order valence-corrected chi connectivity index (χ0v) is 11.9. The van der Waals surface area contributed by atoms with Gasteiger partial charge in [0.05, 0.1) is 13.2 Å². The first-order chi connectivity index (χ1) is 10.8. The van der Waals surface area contributed by atoms with Crippen LogP contribution in [-0.2, 0) is 16.1 Å². The van der Waals surface area contributed by atoms with E-state index in [0.29, 0.717) is 0 Å². The van der Waals surface area contributed by atoms with Gasteiger partial charge in [0.25, 0.3) is 5.56 Å². The lowest BCUT2D eigenvalue weighted by atomic mass is 10.1. The van der Waals surface area contributed by atoms with Gasteiger partial charge < -0.3 is 30.5 Å². The van der Waals surface area contributed by atoms with Crippen LogP contribution < -0.4 is 16.6 Å². The number of aliphatic carboxylic acids is 1. The molecule has 0 saturated carbocycles. The molecule has 0 amide bonds. The quantitative estimate of drug-likeness (QED) is 0.307. The van der Waals surface area contributed by atoms with E-state index in [1.165, 1.54) is 0 Å². The van der Waals surface area contributed by atoms with Crippen molar-refractivity contribution in [2.75, 3.05) is 13.2 Å². The molecule has 0 aromatic carbocycles. The number of carboxylic acids is 1. The number of hydrogen-bond donors (Lipinski definition) is 6. The van der Waals surface area contributed by atoms with Crippen LogP contribution >= 0.6 is 0 Å². The highest BCUT2D eigenvalue weighted by Gasteiger charge is 2.43. The lowest BCUT2D eigenvalue weighted by Gasteiger charge is -2.18. The number of ether oxygens (including phenoxy) is 1. The monoisotopic (exact) mass is 331 g/mol. The molecule has 0 radical (unpaired) electrons. The Kier molecular flexibility index (Phi) is 5.28. The second kappa shape index (κ2) is 7.02. The van der Waals surface area contributed by atoms with E-state index in [4.69, 9.17) is 14.9 Å². The molecule has 0 aliphatic carbocycles. The molecule has 11 heteroatoms. The van der Waals surface area contributed by atoms with Crippen molar-refractivity contribution in [3.8, 4) is 0 Å². The summed E-state index contributed by atoms with van der Waals surface area (Å²) in [6.07, 6.45) is -4.11. The van der Waals surface area contributed by atoms with Gasteiger partial charge in [-0.15, -0.1) is 0 Å². The standard InChI is InChI=1S/C12H17N3O8/c16-4-6-8(19)9(20)11(23-6)15-3-5(1-13-2-7(17)18)10(21)14-12(15)22/h3,6,8-9,11,13,16,19-20H,1-2,4H2,(H,17,18)(H,14,21,22)/t6-,8?,9?,11-/m0/s1. The number of carbonyl (C=O) groups is 1. The number of aromatic nitrogens is 2. The minimum atomic E-state index is -1.48. The third kappa shape index (κ3) is 3.65. The molecule has 1 aliphatic heterocycles. The smallest absolute Gasteiger partial charge is 0.330 e. The number of aromatic amines is 1. The third-order valence-corrected chi connectivity index (χ3v) is 3.42. The van der Waals surface area contributed by atoms with Crippen LogP contribution in [0.25, 0.3) is 0 Å². The first-order valence-corrected chi connectivity index (χ1v) is 6.74. The molecule has 1 aromatic heterocycles. The van der Waals surface area contributed by atoms with E-state index in [1.807, 2.05) is 4.98 Å². The van der Waals surface area contributed by atoms with Crippen molar-refractivity contribution in [1.82, 2.24) is 14.9 Å². The van der Waals surface area contributed by atoms with E-state index in [2.05, 4.69) is 5.32 Å². The highest BCUT2D eigenvalue weighted by Crippen LogP contribution is 2.27. The second-order valence-electron chi connectivity index (χ2n) is 5.05. The van der Waals surface area contributed by atoms with Crippen LogP contribution in [0.2, 0.25) is 0 Å². The van der Waals surface area contributed by atoms with Crippen LogP contribution in [0.5, 0.6) is 0 Å². The number of H-pyrrole nitrogens is 1. The van der Waals surface area contributed by atoms with Crippen molar-refractivity contribution in [3.63, 3.8) is 0 Å². The van der Waals surface area contributed by atoms with Crippen molar-refractivity contribution in [3.05, 3.63) is 32.6 Å². The molecule has 11 nitrogen and oxygen atoms in total. The highest BCUT2D eigenvalue weighted by molar-refractivity contribution is 5.68. The van der Waals surface area contributed by atoms with Crippen LogP contribution in [0.15, 0.2) is 15.8 Å². The van der Waals surface area contributed by atoms with Gasteiger partial charge in [0, 0.05) is 18.3 Å². The summed E-state index contributed by atoms with van der Waals surface area (Å²) in [7, 11) is 0. The minimum absolute atomic E-state index is 0.0450. The van der Waals surface area contributed by atoms with Gasteiger partial charge in [-0.3, -0.25) is 19.1 Å². The third-order valence-electron chi connectivity index (χ3n) is 3.42. The summed E-state index contributed by atoms with van der Waals surface area (Å²) in [4.78, 5) is 36.0. The van der Waals surface area contributed by atoms with E-state index in [0.717, 1.165) is 10.8 Å². The van der Waals surface area contributed by atoms with Gasteiger partial charge in [-0.2, -0.15) is 0 Å². The number of aliphatic hydroxyl groups excluding tert-OH is 3. The maximum absolute atomic E-state index is 11.9. The summed E-state index contributed by atoms with van der Waals surface area (Å²) in [6.45, 7) is -1.07. The zero-order valence-electron chi connectivity index (χ0n) is 11.9. The van der Waals surface area contributed by atoms with Crippen LogP contribution in [0.4, 0.5) is 0 Å². The summed E-state index contributed by atoms with van der Waals surface area (Å²) < 4.78 is 6.09. The van der Waals surface area contributed by atoms with Crippen LogP contribution in [-0.4, -0.2) is 67.4 Å². The fourth-order valence-corrected chi connectivity index (χ4v) is 2.26. The predicted octanol–water partition coefficient (Wildman–Crippen LogP) is -3.68. The van der Waals surface area contributed by atoms with Crippen molar-refractivity contribution >= 4 is 5.97 Å². The van der Waals surface area contributed by atoms with Crippen molar-refractivity contribution in [1.29, 1.82) is 0 Å². The second-order valence-corrected chi connectivity index (χ2v) is 5.05. The fraction of sp³-hybridized carbons (Fsp3) is 0.583. The highest BCUT2D eigenvalue weighted by atomic mass is 16.6. The van der Waals surface area contributed by atoms with Crippen LogP contribution in [0.1, 0.15) is 11.8 Å². The van der Waals surface area contributed by atoms with Gasteiger partial charge >= 0.3 is 11.7 Å². The molecular weight excluding hydrogens is 314 g/mol. The summed E-state index contributed by atoms with van der Waals surface area (Å²) in [6, 6.07) is 0. The maximum atomic E-state index is 11.9. The minimum Gasteiger partial charge on any atom is -0.480 e. The normalized spacial score (nSPS) is 27.3. The Morgan fingerprint density at radius 1 is 1.35 bits per heavy atom. The van der Waals surface area contributed by atoms with E-state index in [1.54, 1.807) is 0 Å². The number of rotatable bonds is 6. The van der Waals surface area contributed by atoms with E-state index in [9.17, 15) is 24.6 Å². The van der Waals surface area contributed by atoms with Crippen molar-refractivity contribution in [2.45, 2.75) is 31.1 Å². The summed E-state index contributed by atoms with van der Waals surface area (Å²) in [5.74, 6) is -1.11. The molecule has 128 valence electrons. The van der Waals surface area contributed by atoms with Gasteiger partial charge in [0.1, 0.15) is 18.3 Å². The molecule has 1 aromatic rings. The number of carboxylic acid groups (broad SMARTS) is 1. The molecule has 23 heavy (non-hydrogen) atoms. The maximum Gasteiger partial charge on any atom is 0.330 e. The molecular formula is C12H17N3O8. The Hall–Kier alpha value is -2.05. The molecule has 1 saturated heterocycles. The van der Waals surface area contributed by atoms with Crippen molar-refractivity contribution in [2.24, 2.45) is 0 Å². The Morgan fingerprint density at radius 3 is 2.61 bits per heavy atom. The van der Waals surface area contributed by atoms with Gasteiger partial charge in [-0.05, 0) is 0 Å². The number of nitrogens with zero attached hydrogens (tertiary/aromatic N) is 1. The average Bonchev–Trinajstić information content (AvgIpc) is 2.77. The Labute approximate surface area is 128 Å². The van der Waals surface area contributed by atoms with Gasteiger partial charge in [0.15, 0.2) is 6.23 Å². The number of nitrogens with one attached hydrogen (secondary N) is 2. The Morgan fingerprint density at radius 2 is 2.04 bits per heavy atom. The summed E-state index contributed by atoms with van der Waals surface area (Å²) in [5, 5.41) is 39.7. The first kappa shape index (κ1) is 17.3. The molecule has 1 fully saturated rings. The van der Waals surface area contributed by atoms with Gasteiger partial charge in [-0.1, -0.05) is 0 Å². The van der Waals surface area contributed by atoms with Gasteiger partial charge in [0.2, 0.25) is 0 Å². The van der Waals surface area contributed by atoms with Crippen LogP contribution in [0.3, 0.4) is 0 Å². The van der Waals surface area contributed by atoms with Gasteiger partial charge in [-0.25, -0.2) is 4.79 Å². The van der Waals surface area contributed by atoms with Crippen molar-refractivity contribution < 1.29 is 30.0 Å². The lowest BCUT2D eigenvalue weighted by molar-refractivity contribution is -0.136. The number of hydrogen-bond acceptors (Lipinski definition) is 8. The number of aliphatic hydroxyl groups is 3. The largest absolute Gasteiger partial charge is 0.480 e. The van der Waals surface area contributed by atoms with E-state index >= 15 is 0 Å². The zero-order chi connectivity index (χ0) is 17.1. The lowest BCUT2D eigenvalue weighted by Crippen LogP contribution is -2.39. The summed E-state index contributed by atoms with van der Waals surface area (Å²) in [5.41, 5.74) is -1.54. The Balaban J connectivity index is 2.27. The molecule has 6 N–H and O–H groups in total. The van der Waals surface area contributed by atoms with E-state index in [-0.39, 0.29) is 18.7 Å².